The molecule has 0 saturated carbocycles. The molecule has 1 saturated heterocycles. The van der Waals surface area contributed by atoms with Gasteiger partial charge in [0.15, 0.2) is 0 Å². The molecule has 0 atom stereocenters. The highest BCUT2D eigenvalue weighted by atomic mass is 79.9. The Morgan fingerprint density at radius 1 is 1.19 bits per heavy atom. The summed E-state index contributed by atoms with van der Waals surface area (Å²) >= 11 is 3.32. The molecule has 0 bridgehead atoms. The van der Waals surface area contributed by atoms with Crippen molar-refractivity contribution < 1.29 is 14.3 Å². The monoisotopic (exact) mass is 427 g/mol. The van der Waals surface area contributed by atoms with E-state index in [9.17, 15) is 9.59 Å². The molecule has 2 rings (SSSR count). The molecule has 0 radical (unpaired) electrons. The summed E-state index contributed by atoms with van der Waals surface area (Å²) in [6.07, 6.45) is 3.99. The maximum absolute atomic E-state index is 12.3. The molecule has 2 heterocycles. The minimum Gasteiger partial charge on any atom is -0.444 e. The fraction of sp³-hybridized carbons (Fsp3) is 0.647. The Balaban J connectivity index is 1.65. The summed E-state index contributed by atoms with van der Waals surface area (Å²) in [5, 5.41) is 2.67. The highest BCUT2D eigenvalue weighted by molar-refractivity contribution is 9.10. The zero-order valence-corrected chi connectivity index (χ0v) is 17.1. The van der Waals surface area contributed by atoms with Crippen LogP contribution in [0, 0.1) is 0 Å². The molecule has 1 fully saturated rings. The van der Waals surface area contributed by atoms with Crippen molar-refractivity contribution in [3.8, 4) is 0 Å². The van der Waals surface area contributed by atoms with Crippen molar-refractivity contribution in [1.82, 2.24) is 20.2 Å². The third-order valence-electron chi connectivity index (χ3n) is 3.76. The van der Waals surface area contributed by atoms with Crippen molar-refractivity contribution in [3.63, 3.8) is 0 Å². The quantitative estimate of drug-likeness (QED) is 0.724. The van der Waals surface area contributed by atoms with Crippen molar-refractivity contribution in [2.75, 3.05) is 37.6 Å². The second kappa shape index (κ2) is 9.16. The number of carbonyl (C=O) groups excluding carboxylic acids is 2. The van der Waals surface area contributed by atoms with Crippen LogP contribution in [0.3, 0.4) is 0 Å². The van der Waals surface area contributed by atoms with Gasteiger partial charge in [0.1, 0.15) is 5.60 Å². The molecule has 0 unspecified atom stereocenters. The van der Waals surface area contributed by atoms with Crippen molar-refractivity contribution >= 4 is 33.9 Å². The zero-order valence-electron chi connectivity index (χ0n) is 15.5. The molecular formula is C17H26BrN5O3. The maximum atomic E-state index is 12.3. The van der Waals surface area contributed by atoms with E-state index < -0.39 is 11.7 Å². The van der Waals surface area contributed by atoms with Crippen LogP contribution in [0.15, 0.2) is 16.9 Å². The van der Waals surface area contributed by atoms with E-state index in [-0.39, 0.29) is 5.91 Å². The summed E-state index contributed by atoms with van der Waals surface area (Å²) in [7, 11) is 0. The number of piperazine rings is 1. The third-order valence-corrected chi connectivity index (χ3v) is 4.17. The van der Waals surface area contributed by atoms with Gasteiger partial charge in [-0.3, -0.25) is 4.79 Å². The van der Waals surface area contributed by atoms with Crippen LogP contribution in [0.1, 0.15) is 33.6 Å². The van der Waals surface area contributed by atoms with E-state index in [0.717, 1.165) is 4.47 Å². The SMILES string of the molecule is CC(C)(C)OC(=O)NCCCC(=O)N1CCN(c2ncc(Br)cn2)CC1. The lowest BCUT2D eigenvalue weighted by molar-refractivity contribution is -0.131. The first-order chi connectivity index (χ1) is 12.2. The summed E-state index contributed by atoms with van der Waals surface area (Å²) in [6, 6.07) is 0. The fourth-order valence-corrected chi connectivity index (χ4v) is 2.73. The highest BCUT2D eigenvalue weighted by Crippen LogP contribution is 2.14. The van der Waals surface area contributed by atoms with Crippen molar-refractivity contribution in [2.45, 2.75) is 39.2 Å². The Morgan fingerprint density at radius 2 is 1.81 bits per heavy atom. The average Bonchev–Trinajstić information content (AvgIpc) is 2.58. The third kappa shape index (κ3) is 6.78. The van der Waals surface area contributed by atoms with Crippen LogP contribution in [0.2, 0.25) is 0 Å². The summed E-state index contributed by atoms with van der Waals surface area (Å²) in [5.41, 5.74) is -0.516. The summed E-state index contributed by atoms with van der Waals surface area (Å²) in [5.74, 6) is 0.786. The number of aromatic nitrogens is 2. The van der Waals surface area contributed by atoms with Crippen LogP contribution in [0.25, 0.3) is 0 Å². The molecule has 144 valence electrons. The van der Waals surface area contributed by atoms with Gasteiger partial charge in [-0.25, -0.2) is 14.8 Å². The van der Waals surface area contributed by atoms with Gasteiger partial charge in [0.2, 0.25) is 11.9 Å². The van der Waals surface area contributed by atoms with Gasteiger partial charge in [-0.2, -0.15) is 0 Å². The number of nitrogens with zero attached hydrogens (tertiary/aromatic N) is 4. The molecular weight excluding hydrogens is 402 g/mol. The maximum Gasteiger partial charge on any atom is 0.407 e. The zero-order chi connectivity index (χ0) is 19.2. The molecule has 0 spiro atoms. The molecule has 2 amide bonds. The van der Waals surface area contributed by atoms with Crippen molar-refractivity contribution in [2.24, 2.45) is 0 Å². The second-order valence-electron chi connectivity index (χ2n) is 7.10. The number of hydrogen-bond donors (Lipinski definition) is 1. The van der Waals surface area contributed by atoms with Gasteiger partial charge >= 0.3 is 6.09 Å². The number of ether oxygens (including phenoxy) is 1. The lowest BCUT2D eigenvalue weighted by Crippen LogP contribution is -2.49. The van der Waals surface area contributed by atoms with E-state index in [2.05, 4.69) is 36.1 Å². The van der Waals surface area contributed by atoms with E-state index in [1.54, 1.807) is 12.4 Å². The largest absolute Gasteiger partial charge is 0.444 e. The van der Waals surface area contributed by atoms with Gasteiger partial charge in [0.25, 0.3) is 0 Å². The van der Waals surface area contributed by atoms with Gasteiger partial charge < -0.3 is 19.9 Å². The minimum absolute atomic E-state index is 0.104. The molecule has 9 heteroatoms. The van der Waals surface area contributed by atoms with Crippen LogP contribution in [-0.2, 0) is 9.53 Å². The number of anilines is 1. The number of nitrogens with one attached hydrogen (secondary N) is 1. The Bertz CT molecular complexity index is 610. The second-order valence-corrected chi connectivity index (χ2v) is 8.02. The molecule has 8 nitrogen and oxygen atoms in total. The Kier molecular flexibility index (Phi) is 7.19. The number of alkyl carbamates (subject to hydrolysis) is 1. The smallest absolute Gasteiger partial charge is 0.407 e. The van der Waals surface area contributed by atoms with Crippen molar-refractivity contribution in [3.05, 3.63) is 16.9 Å². The standard InChI is InChI=1S/C17H26BrN5O3/c1-17(2,3)26-16(25)19-6-4-5-14(24)22-7-9-23(10-8-22)15-20-11-13(18)12-21-15/h11-12H,4-10H2,1-3H3,(H,19,25). The van der Waals surface area contributed by atoms with Crippen molar-refractivity contribution in [1.29, 1.82) is 0 Å². The van der Waals surface area contributed by atoms with Gasteiger partial charge in [0.05, 0.1) is 4.47 Å². The molecule has 1 N–H and O–H groups in total. The first-order valence-electron chi connectivity index (χ1n) is 8.72. The van der Waals surface area contributed by atoms with Crippen LogP contribution in [0.5, 0.6) is 0 Å². The normalized spacial score (nSPS) is 14.9. The van der Waals surface area contributed by atoms with Crippen LogP contribution in [-0.4, -0.2) is 65.2 Å². The number of hydrogen-bond acceptors (Lipinski definition) is 6. The molecule has 0 aliphatic carbocycles. The number of rotatable bonds is 5. The summed E-state index contributed by atoms with van der Waals surface area (Å²) in [6.45, 7) is 8.59. The molecule has 1 aromatic heterocycles. The van der Waals surface area contributed by atoms with Gasteiger partial charge in [-0.15, -0.1) is 0 Å². The summed E-state index contributed by atoms with van der Waals surface area (Å²) < 4.78 is 6.00. The Hall–Kier alpha value is -1.90. The molecule has 0 aromatic carbocycles. The van der Waals surface area contributed by atoms with Crippen LogP contribution >= 0.6 is 15.9 Å². The molecule has 1 aliphatic rings. The predicted molar refractivity (Wildman–Crippen MR) is 102 cm³/mol. The van der Waals surface area contributed by atoms with Gasteiger partial charge in [-0.05, 0) is 43.1 Å². The molecule has 26 heavy (non-hydrogen) atoms. The first-order valence-corrected chi connectivity index (χ1v) is 9.51. The van der Waals surface area contributed by atoms with E-state index in [4.69, 9.17) is 4.74 Å². The lowest BCUT2D eigenvalue weighted by atomic mass is 10.2. The van der Waals surface area contributed by atoms with Gasteiger partial charge in [-0.1, -0.05) is 0 Å². The van der Waals surface area contributed by atoms with Crippen LogP contribution < -0.4 is 10.2 Å². The predicted octanol–water partition coefficient (Wildman–Crippen LogP) is 2.19. The minimum atomic E-state index is -0.516. The summed E-state index contributed by atoms with van der Waals surface area (Å²) in [4.78, 5) is 36.3. The van der Waals surface area contributed by atoms with Crippen LogP contribution in [0.4, 0.5) is 10.7 Å². The van der Waals surface area contributed by atoms with E-state index >= 15 is 0 Å². The average molecular weight is 428 g/mol. The topological polar surface area (TPSA) is 87.7 Å². The van der Waals surface area contributed by atoms with E-state index in [1.165, 1.54) is 0 Å². The lowest BCUT2D eigenvalue weighted by Gasteiger charge is -2.34. The van der Waals surface area contributed by atoms with E-state index in [0.29, 0.717) is 51.5 Å². The number of amides is 2. The number of carbonyl (C=O) groups is 2. The first kappa shape index (κ1) is 20.4. The molecule has 1 aromatic rings. The molecule has 1 aliphatic heterocycles. The number of halogens is 1. The van der Waals surface area contributed by atoms with Gasteiger partial charge in [0, 0.05) is 51.5 Å². The fourth-order valence-electron chi connectivity index (χ4n) is 2.53. The Labute approximate surface area is 162 Å². The highest BCUT2D eigenvalue weighted by Gasteiger charge is 2.22. The Morgan fingerprint density at radius 3 is 2.38 bits per heavy atom. The van der Waals surface area contributed by atoms with E-state index in [1.807, 2.05) is 25.7 Å².